The Kier molecular flexibility index (Phi) is 5.17. The number of amides is 1. The topological polar surface area (TPSA) is 71.8 Å². The van der Waals surface area contributed by atoms with Crippen molar-refractivity contribution in [2.45, 2.75) is 27.7 Å². The van der Waals surface area contributed by atoms with E-state index in [-0.39, 0.29) is 11.0 Å². The predicted octanol–water partition coefficient (Wildman–Crippen LogP) is 4.24. The van der Waals surface area contributed by atoms with Crippen LogP contribution in [0.2, 0.25) is 5.02 Å². The van der Waals surface area contributed by atoms with Crippen molar-refractivity contribution in [3.05, 3.63) is 47.0 Å². The number of benzene rings is 2. The minimum absolute atomic E-state index is 0.146. The molecule has 8 heteroatoms. The minimum Gasteiger partial charge on any atom is -0.332 e. The molecule has 0 spiro atoms. The number of rotatable bonds is 2. The third kappa shape index (κ3) is 4.43. The Morgan fingerprint density at radius 2 is 1.70 bits per heavy atom. The maximum atomic E-state index is 12.1. The molecule has 27 heavy (non-hydrogen) atoms. The first-order valence-corrected chi connectivity index (χ1v) is 9.18. The third-order valence-electron chi connectivity index (χ3n) is 3.94. The highest BCUT2D eigenvalue weighted by atomic mass is 35.5. The average Bonchev–Trinajstić information content (AvgIpc) is 2.97. The Morgan fingerprint density at radius 1 is 1.11 bits per heavy atom. The standard InChI is InChI=1S/C19H20ClN5OS/c1-11-9-15-16(24-25(23-15)13-7-5-12(20)6-8-13)10-14(11)21-18(27)22-17(26)19(2,3)4/h5-10H,1-4H3,(H2,21,22,26,27). The summed E-state index contributed by atoms with van der Waals surface area (Å²) in [5.74, 6) is -0.146. The normalized spacial score (nSPS) is 11.4. The molecule has 140 valence electrons. The number of halogens is 1. The first-order chi connectivity index (χ1) is 12.6. The van der Waals surface area contributed by atoms with Crippen LogP contribution >= 0.6 is 23.8 Å². The highest BCUT2D eigenvalue weighted by Gasteiger charge is 2.22. The first kappa shape index (κ1) is 19.3. The van der Waals surface area contributed by atoms with E-state index >= 15 is 0 Å². The number of fused-ring (bicyclic) bond motifs is 1. The largest absolute Gasteiger partial charge is 0.332 e. The number of aryl methyl sites for hydroxylation is 1. The van der Waals surface area contributed by atoms with E-state index in [1.807, 2.05) is 52.0 Å². The van der Waals surface area contributed by atoms with E-state index in [2.05, 4.69) is 20.8 Å². The van der Waals surface area contributed by atoms with Gasteiger partial charge in [0.15, 0.2) is 5.11 Å². The molecule has 1 heterocycles. The van der Waals surface area contributed by atoms with Crippen LogP contribution in [0, 0.1) is 12.3 Å². The molecule has 0 aliphatic rings. The van der Waals surface area contributed by atoms with Gasteiger partial charge in [-0.15, -0.1) is 10.2 Å². The number of hydrogen-bond acceptors (Lipinski definition) is 4. The summed E-state index contributed by atoms with van der Waals surface area (Å²) >= 11 is 11.2. The fraction of sp³-hybridized carbons (Fsp3) is 0.263. The molecule has 0 radical (unpaired) electrons. The van der Waals surface area contributed by atoms with Gasteiger partial charge in [0.05, 0.1) is 5.69 Å². The summed E-state index contributed by atoms with van der Waals surface area (Å²) in [6, 6.07) is 11.1. The van der Waals surface area contributed by atoms with Gasteiger partial charge in [0, 0.05) is 16.1 Å². The van der Waals surface area contributed by atoms with Crippen LogP contribution in [0.15, 0.2) is 36.4 Å². The summed E-state index contributed by atoms with van der Waals surface area (Å²) in [5, 5.41) is 15.7. The van der Waals surface area contributed by atoms with Crippen LogP contribution in [0.25, 0.3) is 16.7 Å². The zero-order valence-electron chi connectivity index (χ0n) is 15.5. The van der Waals surface area contributed by atoms with Crippen LogP contribution < -0.4 is 10.6 Å². The number of carbonyl (C=O) groups excluding carboxylic acids is 1. The van der Waals surface area contributed by atoms with Crippen LogP contribution in [0.4, 0.5) is 5.69 Å². The Morgan fingerprint density at radius 3 is 2.30 bits per heavy atom. The van der Waals surface area contributed by atoms with E-state index in [0.29, 0.717) is 10.5 Å². The SMILES string of the molecule is Cc1cc2nn(-c3ccc(Cl)cc3)nc2cc1NC(=S)NC(=O)C(C)(C)C. The van der Waals surface area contributed by atoms with Crippen molar-refractivity contribution >= 4 is 51.6 Å². The molecule has 2 N–H and O–H groups in total. The van der Waals surface area contributed by atoms with Crippen molar-refractivity contribution in [2.75, 3.05) is 5.32 Å². The maximum absolute atomic E-state index is 12.1. The van der Waals surface area contributed by atoms with Crippen molar-refractivity contribution in [1.29, 1.82) is 0 Å². The molecule has 3 rings (SSSR count). The molecule has 1 amide bonds. The maximum Gasteiger partial charge on any atom is 0.231 e. The molecular weight excluding hydrogens is 382 g/mol. The van der Waals surface area contributed by atoms with Crippen molar-refractivity contribution in [3.63, 3.8) is 0 Å². The van der Waals surface area contributed by atoms with E-state index in [1.165, 1.54) is 0 Å². The summed E-state index contributed by atoms with van der Waals surface area (Å²) < 4.78 is 0. The average molecular weight is 402 g/mol. The summed E-state index contributed by atoms with van der Waals surface area (Å²) in [7, 11) is 0. The second-order valence-electron chi connectivity index (χ2n) is 7.28. The number of nitrogens with zero attached hydrogens (tertiary/aromatic N) is 3. The van der Waals surface area contributed by atoms with Crippen LogP contribution in [-0.2, 0) is 4.79 Å². The van der Waals surface area contributed by atoms with Gasteiger partial charge in [0.2, 0.25) is 5.91 Å². The Bertz CT molecular complexity index is 1020. The molecule has 0 aliphatic carbocycles. The second-order valence-corrected chi connectivity index (χ2v) is 8.12. The summed E-state index contributed by atoms with van der Waals surface area (Å²) in [6.45, 7) is 7.43. The Labute approximate surface area is 167 Å². The highest BCUT2D eigenvalue weighted by Crippen LogP contribution is 2.23. The van der Waals surface area contributed by atoms with Crippen LogP contribution in [-0.4, -0.2) is 26.0 Å². The smallest absolute Gasteiger partial charge is 0.231 e. The van der Waals surface area contributed by atoms with Gasteiger partial charge in [-0.3, -0.25) is 4.79 Å². The Balaban J connectivity index is 1.85. The molecule has 2 aromatic carbocycles. The van der Waals surface area contributed by atoms with Gasteiger partial charge < -0.3 is 10.6 Å². The third-order valence-corrected chi connectivity index (χ3v) is 4.40. The van der Waals surface area contributed by atoms with Gasteiger partial charge >= 0.3 is 0 Å². The molecule has 0 aliphatic heterocycles. The van der Waals surface area contributed by atoms with E-state index in [1.54, 1.807) is 16.9 Å². The Hall–Kier alpha value is -2.51. The summed E-state index contributed by atoms with van der Waals surface area (Å²) in [4.78, 5) is 13.6. The monoisotopic (exact) mass is 401 g/mol. The van der Waals surface area contributed by atoms with Gasteiger partial charge in [0.25, 0.3) is 0 Å². The summed E-state index contributed by atoms with van der Waals surface area (Å²) in [5.41, 5.74) is 3.48. The lowest BCUT2D eigenvalue weighted by molar-refractivity contribution is -0.126. The quantitative estimate of drug-likeness (QED) is 0.628. The number of carbonyl (C=O) groups is 1. The summed E-state index contributed by atoms with van der Waals surface area (Å²) in [6.07, 6.45) is 0. The first-order valence-electron chi connectivity index (χ1n) is 8.39. The molecule has 0 saturated carbocycles. The lowest BCUT2D eigenvalue weighted by Gasteiger charge is -2.19. The number of aromatic nitrogens is 3. The van der Waals surface area contributed by atoms with Crippen molar-refractivity contribution in [2.24, 2.45) is 5.41 Å². The number of thiocarbonyl (C=S) groups is 1. The molecule has 0 unspecified atom stereocenters. The predicted molar refractivity (Wildman–Crippen MR) is 112 cm³/mol. The van der Waals surface area contributed by atoms with E-state index in [0.717, 1.165) is 22.5 Å². The van der Waals surface area contributed by atoms with Crippen LogP contribution in [0.1, 0.15) is 26.3 Å². The zero-order chi connectivity index (χ0) is 19.8. The zero-order valence-corrected chi connectivity index (χ0v) is 17.1. The minimum atomic E-state index is -0.522. The lowest BCUT2D eigenvalue weighted by Crippen LogP contribution is -2.41. The van der Waals surface area contributed by atoms with Gasteiger partial charge in [-0.2, -0.15) is 4.80 Å². The molecular formula is C19H20ClN5OS. The van der Waals surface area contributed by atoms with Crippen molar-refractivity contribution < 1.29 is 4.79 Å². The fourth-order valence-corrected chi connectivity index (χ4v) is 2.67. The molecule has 0 atom stereocenters. The molecule has 0 bridgehead atoms. The molecule has 0 fully saturated rings. The fourth-order valence-electron chi connectivity index (χ4n) is 2.34. The van der Waals surface area contributed by atoms with Gasteiger partial charge in [0.1, 0.15) is 11.0 Å². The number of nitrogens with one attached hydrogen (secondary N) is 2. The van der Waals surface area contributed by atoms with Crippen LogP contribution in [0.5, 0.6) is 0 Å². The second kappa shape index (κ2) is 7.25. The van der Waals surface area contributed by atoms with Gasteiger partial charge in [-0.1, -0.05) is 32.4 Å². The number of hydrogen-bond donors (Lipinski definition) is 2. The van der Waals surface area contributed by atoms with E-state index < -0.39 is 5.41 Å². The van der Waals surface area contributed by atoms with Crippen molar-refractivity contribution in [1.82, 2.24) is 20.3 Å². The van der Waals surface area contributed by atoms with E-state index in [4.69, 9.17) is 23.8 Å². The van der Waals surface area contributed by atoms with Gasteiger partial charge in [-0.25, -0.2) is 0 Å². The lowest BCUT2D eigenvalue weighted by atomic mass is 9.96. The molecule has 3 aromatic rings. The molecule has 6 nitrogen and oxygen atoms in total. The van der Waals surface area contributed by atoms with E-state index in [9.17, 15) is 4.79 Å². The van der Waals surface area contributed by atoms with Crippen LogP contribution in [0.3, 0.4) is 0 Å². The van der Waals surface area contributed by atoms with Gasteiger partial charge in [-0.05, 0) is 61.1 Å². The van der Waals surface area contributed by atoms with Crippen molar-refractivity contribution in [3.8, 4) is 5.69 Å². The highest BCUT2D eigenvalue weighted by molar-refractivity contribution is 7.80. The molecule has 1 aromatic heterocycles. The number of anilines is 1. The molecule has 0 saturated heterocycles.